The van der Waals surface area contributed by atoms with Crippen molar-refractivity contribution >= 4 is 29.2 Å². The first kappa shape index (κ1) is 13.0. The highest BCUT2D eigenvalue weighted by Gasteiger charge is 2.18. The minimum atomic E-state index is -1.36. The molecule has 1 aromatic heterocycles. The maximum absolute atomic E-state index is 13.5. The molecular formula is C11H6ClFN2O4. The van der Waals surface area contributed by atoms with Gasteiger partial charge in [0.05, 0.1) is 10.7 Å². The van der Waals surface area contributed by atoms with Crippen LogP contribution < -0.4 is 5.32 Å². The number of nitrogens with one attached hydrogen (secondary N) is 1. The third-order valence-corrected chi connectivity index (χ3v) is 2.45. The van der Waals surface area contributed by atoms with E-state index in [1.807, 2.05) is 0 Å². The number of carbonyl (C=O) groups excluding carboxylic acids is 1. The van der Waals surface area contributed by atoms with Crippen LogP contribution in [0.4, 0.5) is 10.1 Å². The molecule has 0 aliphatic carbocycles. The summed E-state index contributed by atoms with van der Waals surface area (Å²) in [6, 6.07) is 5.01. The van der Waals surface area contributed by atoms with Crippen LogP contribution in [-0.2, 0) is 0 Å². The van der Waals surface area contributed by atoms with E-state index in [-0.39, 0.29) is 16.4 Å². The predicted octanol–water partition coefficient (Wildman–Crippen LogP) is 2.42. The summed E-state index contributed by atoms with van der Waals surface area (Å²) in [4.78, 5) is 22.2. The van der Waals surface area contributed by atoms with Crippen LogP contribution in [-0.4, -0.2) is 22.1 Å². The molecule has 6 nitrogen and oxygen atoms in total. The number of benzene rings is 1. The second kappa shape index (κ2) is 5.07. The number of amides is 1. The highest BCUT2D eigenvalue weighted by molar-refractivity contribution is 6.31. The molecule has 1 heterocycles. The van der Waals surface area contributed by atoms with Crippen LogP contribution in [0, 0.1) is 5.82 Å². The molecule has 1 aromatic carbocycles. The number of halogens is 2. The Morgan fingerprint density at radius 3 is 2.79 bits per heavy atom. The zero-order valence-electron chi connectivity index (χ0n) is 9.18. The van der Waals surface area contributed by atoms with Crippen molar-refractivity contribution in [2.75, 3.05) is 5.32 Å². The summed E-state index contributed by atoms with van der Waals surface area (Å²) in [6.07, 6.45) is 0. The molecule has 0 fully saturated rings. The summed E-state index contributed by atoms with van der Waals surface area (Å²) < 4.78 is 17.9. The fourth-order valence-electron chi connectivity index (χ4n) is 1.27. The largest absolute Gasteiger partial charge is 0.475 e. The van der Waals surface area contributed by atoms with Gasteiger partial charge in [-0.05, 0) is 12.1 Å². The lowest BCUT2D eigenvalue weighted by Crippen LogP contribution is -2.13. The van der Waals surface area contributed by atoms with Gasteiger partial charge in [-0.1, -0.05) is 22.8 Å². The lowest BCUT2D eigenvalue weighted by molar-refractivity contribution is 0.0651. The molecule has 0 atom stereocenters. The average Bonchev–Trinajstić information content (AvgIpc) is 2.84. The molecule has 0 unspecified atom stereocenters. The number of rotatable bonds is 3. The van der Waals surface area contributed by atoms with Gasteiger partial charge in [0.2, 0.25) is 5.76 Å². The third-order valence-electron chi connectivity index (χ3n) is 2.15. The van der Waals surface area contributed by atoms with Gasteiger partial charge in [-0.15, -0.1) is 0 Å². The van der Waals surface area contributed by atoms with Crippen molar-refractivity contribution in [3.05, 3.63) is 46.6 Å². The number of aromatic carboxylic acids is 1. The maximum atomic E-state index is 13.5. The lowest BCUT2D eigenvalue weighted by atomic mass is 10.3. The summed E-state index contributed by atoms with van der Waals surface area (Å²) >= 11 is 5.55. The fraction of sp³-hybridized carbons (Fsp3) is 0. The van der Waals surface area contributed by atoms with Crippen molar-refractivity contribution in [2.24, 2.45) is 0 Å². The predicted molar refractivity (Wildman–Crippen MR) is 62.8 cm³/mol. The molecule has 0 bridgehead atoms. The second-order valence-corrected chi connectivity index (χ2v) is 3.84. The molecule has 2 aromatic rings. The van der Waals surface area contributed by atoms with Gasteiger partial charge in [0.1, 0.15) is 0 Å². The minimum absolute atomic E-state index is 0.141. The highest BCUT2D eigenvalue weighted by atomic mass is 35.5. The van der Waals surface area contributed by atoms with Crippen molar-refractivity contribution in [3.63, 3.8) is 0 Å². The number of carbonyl (C=O) groups is 2. The Balaban J connectivity index is 2.21. The molecule has 0 saturated carbocycles. The summed E-state index contributed by atoms with van der Waals surface area (Å²) in [5.74, 6) is -3.45. The molecule has 98 valence electrons. The molecule has 0 saturated heterocycles. The van der Waals surface area contributed by atoms with Crippen molar-refractivity contribution in [3.8, 4) is 0 Å². The maximum Gasteiger partial charge on any atom is 0.374 e. The van der Waals surface area contributed by atoms with Gasteiger partial charge in [0.25, 0.3) is 5.91 Å². The Bertz CT molecular complexity index is 656. The molecule has 2 rings (SSSR count). The molecule has 0 aliphatic rings. The third kappa shape index (κ3) is 2.71. The van der Waals surface area contributed by atoms with Gasteiger partial charge in [0.15, 0.2) is 11.5 Å². The van der Waals surface area contributed by atoms with Crippen molar-refractivity contribution in [2.45, 2.75) is 0 Å². The highest BCUT2D eigenvalue weighted by Crippen LogP contribution is 2.22. The quantitative estimate of drug-likeness (QED) is 0.903. The number of hydrogen-bond donors (Lipinski definition) is 2. The summed E-state index contributed by atoms with van der Waals surface area (Å²) in [5, 5.41) is 13.9. The van der Waals surface area contributed by atoms with Crippen molar-refractivity contribution in [1.82, 2.24) is 5.16 Å². The van der Waals surface area contributed by atoms with Gasteiger partial charge < -0.3 is 14.9 Å². The Labute approximate surface area is 110 Å². The van der Waals surface area contributed by atoms with Crippen LogP contribution in [0.3, 0.4) is 0 Å². The summed E-state index contributed by atoms with van der Waals surface area (Å²) in [6.45, 7) is 0. The second-order valence-electron chi connectivity index (χ2n) is 3.44. The van der Waals surface area contributed by atoms with Crippen LogP contribution in [0.2, 0.25) is 5.02 Å². The molecule has 8 heteroatoms. The van der Waals surface area contributed by atoms with E-state index in [0.717, 1.165) is 6.07 Å². The van der Waals surface area contributed by atoms with E-state index in [2.05, 4.69) is 15.0 Å². The lowest BCUT2D eigenvalue weighted by Gasteiger charge is -2.04. The number of nitrogens with zero attached hydrogens (tertiary/aromatic N) is 1. The normalized spacial score (nSPS) is 10.2. The van der Waals surface area contributed by atoms with Crippen molar-refractivity contribution in [1.29, 1.82) is 0 Å². The molecule has 0 radical (unpaired) electrons. The van der Waals surface area contributed by atoms with E-state index in [1.54, 1.807) is 0 Å². The first-order chi connectivity index (χ1) is 8.99. The average molecular weight is 285 g/mol. The zero-order chi connectivity index (χ0) is 14.0. The topological polar surface area (TPSA) is 92.4 Å². The summed E-state index contributed by atoms with van der Waals surface area (Å²) in [7, 11) is 0. The van der Waals surface area contributed by atoms with E-state index >= 15 is 0 Å². The van der Waals surface area contributed by atoms with Crippen LogP contribution in [0.5, 0.6) is 0 Å². The standard InChI is InChI=1S/C11H6ClFN2O4/c12-5-2-1-3-6(9(5)13)14-10(16)7-4-8(11(17)18)19-15-7/h1-4H,(H,14,16)(H,17,18). The first-order valence-corrected chi connectivity index (χ1v) is 5.32. The molecule has 1 amide bonds. The van der Waals surface area contributed by atoms with E-state index in [1.165, 1.54) is 18.2 Å². The van der Waals surface area contributed by atoms with Gasteiger partial charge >= 0.3 is 5.97 Å². The number of carboxylic acid groups (broad SMARTS) is 1. The van der Waals surface area contributed by atoms with E-state index < -0.39 is 23.5 Å². The fourth-order valence-corrected chi connectivity index (χ4v) is 1.44. The van der Waals surface area contributed by atoms with E-state index in [9.17, 15) is 14.0 Å². The Hall–Kier alpha value is -2.41. The molecule has 2 N–H and O–H groups in total. The van der Waals surface area contributed by atoms with E-state index in [0.29, 0.717) is 0 Å². The minimum Gasteiger partial charge on any atom is -0.475 e. The number of anilines is 1. The zero-order valence-corrected chi connectivity index (χ0v) is 9.94. The van der Waals surface area contributed by atoms with Crippen LogP contribution in [0.1, 0.15) is 21.0 Å². The van der Waals surface area contributed by atoms with Gasteiger partial charge in [-0.2, -0.15) is 0 Å². The number of hydrogen-bond acceptors (Lipinski definition) is 4. The smallest absolute Gasteiger partial charge is 0.374 e. The molecular weight excluding hydrogens is 279 g/mol. The number of aromatic nitrogens is 1. The van der Waals surface area contributed by atoms with Crippen LogP contribution in [0.15, 0.2) is 28.8 Å². The monoisotopic (exact) mass is 284 g/mol. The molecule has 19 heavy (non-hydrogen) atoms. The molecule has 0 aliphatic heterocycles. The van der Waals surface area contributed by atoms with E-state index in [4.69, 9.17) is 16.7 Å². The van der Waals surface area contributed by atoms with Crippen LogP contribution >= 0.6 is 11.6 Å². The SMILES string of the molecule is O=C(Nc1cccc(Cl)c1F)c1cc(C(=O)O)on1. The molecule has 0 spiro atoms. The summed E-state index contributed by atoms with van der Waals surface area (Å²) in [5.41, 5.74) is -0.422. The van der Waals surface area contributed by atoms with Crippen molar-refractivity contribution < 1.29 is 23.6 Å². The number of carboxylic acids is 1. The van der Waals surface area contributed by atoms with Gasteiger partial charge in [-0.25, -0.2) is 9.18 Å². The first-order valence-electron chi connectivity index (χ1n) is 4.94. The Morgan fingerprint density at radius 2 is 2.16 bits per heavy atom. The Morgan fingerprint density at radius 1 is 1.42 bits per heavy atom. The van der Waals surface area contributed by atoms with Gasteiger partial charge in [-0.3, -0.25) is 4.79 Å². The Kier molecular flexibility index (Phi) is 3.48. The van der Waals surface area contributed by atoms with Crippen LogP contribution in [0.25, 0.3) is 0 Å². The van der Waals surface area contributed by atoms with Gasteiger partial charge in [0, 0.05) is 6.07 Å².